The average Bonchev–Trinajstić information content (AvgIpc) is 3.04. The minimum Gasteiger partial charge on any atom is -0.354 e. The molecule has 140 valence electrons. The Morgan fingerprint density at radius 3 is 2.42 bits per heavy atom. The lowest BCUT2D eigenvalue weighted by Gasteiger charge is -2.34. The van der Waals surface area contributed by atoms with Crippen LogP contribution in [0.25, 0.3) is 0 Å². The number of hydrogen-bond acceptors (Lipinski definition) is 8. The molecular formula is C17H25N7OS. The molecule has 1 N–H and O–H groups in total. The number of piperazine rings is 1. The van der Waals surface area contributed by atoms with E-state index in [0.717, 1.165) is 54.1 Å². The molecule has 0 aliphatic carbocycles. The van der Waals surface area contributed by atoms with Crippen molar-refractivity contribution < 1.29 is 4.79 Å². The molecule has 1 aliphatic rings. The maximum Gasteiger partial charge on any atom is 0.223 e. The summed E-state index contributed by atoms with van der Waals surface area (Å²) in [4.78, 5) is 25.2. The molecular weight excluding hydrogens is 350 g/mol. The smallest absolute Gasteiger partial charge is 0.223 e. The number of nitrogens with one attached hydrogen (secondary N) is 1. The Balaban J connectivity index is 1.38. The molecule has 0 saturated carbocycles. The van der Waals surface area contributed by atoms with Crippen molar-refractivity contribution in [3.8, 4) is 0 Å². The molecule has 1 fully saturated rings. The van der Waals surface area contributed by atoms with E-state index in [1.54, 1.807) is 11.3 Å². The quantitative estimate of drug-likeness (QED) is 0.770. The van der Waals surface area contributed by atoms with Crippen molar-refractivity contribution in [1.29, 1.82) is 0 Å². The zero-order chi connectivity index (χ0) is 18.5. The highest BCUT2D eigenvalue weighted by molar-refractivity contribution is 7.15. The second-order valence-electron chi connectivity index (χ2n) is 6.48. The van der Waals surface area contributed by atoms with Gasteiger partial charge in [0.25, 0.3) is 0 Å². The van der Waals surface area contributed by atoms with Crippen LogP contribution in [0.3, 0.4) is 0 Å². The van der Waals surface area contributed by atoms with E-state index in [2.05, 4.69) is 30.4 Å². The standard InChI is InChI=1S/C17H25N7OS/c1-12-11-13(2)20-16(19-12)18-6-4-5-15(25)23-7-9-24(10-8-23)17-22-21-14(3)26-17/h11H,4-10H2,1-3H3,(H,18,19,20). The largest absolute Gasteiger partial charge is 0.354 e. The van der Waals surface area contributed by atoms with E-state index in [0.29, 0.717) is 18.9 Å². The maximum atomic E-state index is 12.4. The average molecular weight is 376 g/mol. The summed E-state index contributed by atoms with van der Waals surface area (Å²) in [7, 11) is 0. The van der Waals surface area contributed by atoms with Gasteiger partial charge in [0.2, 0.25) is 17.0 Å². The van der Waals surface area contributed by atoms with Crippen molar-refractivity contribution in [2.75, 3.05) is 42.9 Å². The zero-order valence-electron chi connectivity index (χ0n) is 15.5. The molecule has 8 nitrogen and oxygen atoms in total. The van der Waals surface area contributed by atoms with Crippen molar-refractivity contribution in [2.24, 2.45) is 0 Å². The fraction of sp³-hybridized carbons (Fsp3) is 0.588. The van der Waals surface area contributed by atoms with Gasteiger partial charge in [-0.05, 0) is 33.3 Å². The Kier molecular flexibility index (Phi) is 5.97. The molecule has 3 heterocycles. The number of amides is 1. The van der Waals surface area contributed by atoms with E-state index in [1.165, 1.54) is 0 Å². The molecule has 0 aromatic carbocycles. The van der Waals surface area contributed by atoms with E-state index in [4.69, 9.17) is 0 Å². The summed E-state index contributed by atoms with van der Waals surface area (Å²) < 4.78 is 0. The Morgan fingerprint density at radius 2 is 1.81 bits per heavy atom. The summed E-state index contributed by atoms with van der Waals surface area (Å²) in [5.41, 5.74) is 1.89. The van der Waals surface area contributed by atoms with Crippen LogP contribution in [0.1, 0.15) is 29.2 Å². The van der Waals surface area contributed by atoms with Gasteiger partial charge in [0.1, 0.15) is 5.01 Å². The summed E-state index contributed by atoms with van der Waals surface area (Å²) in [6.45, 7) is 9.66. The fourth-order valence-electron chi connectivity index (χ4n) is 2.96. The van der Waals surface area contributed by atoms with E-state index < -0.39 is 0 Å². The van der Waals surface area contributed by atoms with E-state index in [1.807, 2.05) is 31.7 Å². The SMILES string of the molecule is Cc1cc(C)nc(NCCCC(=O)N2CCN(c3nnc(C)s3)CC2)n1. The van der Waals surface area contributed by atoms with E-state index in [9.17, 15) is 4.79 Å². The predicted octanol–water partition coefficient (Wildman–Crippen LogP) is 1.79. The summed E-state index contributed by atoms with van der Waals surface area (Å²) in [5.74, 6) is 0.845. The van der Waals surface area contributed by atoms with Crippen LogP contribution in [-0.4, -0.2) is 63.7 Å². The third-order valence-electron chi connectivity index (χ3n) is 4.25. The van der Waals surface area contributed by atoms with Crippen LogP contribution in [0, 0.1) is 20.8 Å². The third kappa shape index (κ3) is 4.87. The van der Waals surface area contributed by atoms with Gasteiger partial charge in [-0.25, -0.2) is 9.97 Å². The predicted molar refractivity (Wildman–Crippen MR) is 103 cm³/mol. The second-order valence-corrected chi connectivity index (χ2v) is 7.64. The summed E-state index contributed by atoms with van der Waals surface area (Å²) in [6.07, 6.45) is 1.31. The molecule has 3 rings (SSSR count). The van der Waals surface area contributed by atoms with Gasteiger partial charge in [-0.2, -0.15) is 0 Å². The molecule has 0 atom stereocenters. The number of aromatic nitrogens is 4. The topological polar surface area (TPSA) is 87.1 Å². The Labute approximate surface area is 157 Å². The first-order chi connectivity index (χ1) is 12.5. The number of nitrogens with zero attached hydrogens (tertiary/aromatic N) is 6. The Bertz CT molecular complexity index is 735. The van der Waals surface area contributed by atoms with Gasteiger partial charge in [-0.1, -0.05) is 11.3 Å². The molecule has 0 unspecified atom stereocenters. The van der Waals surface area contributed by atoms with Crippen LogP contribution in [0.4, 0.5) is 11.1 Å². The van der Waals surface area contributed by atoms with Gasteiger partial charge in [0, 0.05) is 50.5 Å². The molecule has 2 aromatic heterocycles. The molecule has 1 saturated heterocycles. The van der Waals surface area contributed by atoms with E-state index >= 15 is 0 Å². The van der Waals surface area contributed by atoms with Crippen LogP contribution in [0.15, 0.2) is 6.07 Å². The molecule has 0 bridgehead atoms. The third-order valence-corrected chi connectivity index (χ3v) is 5.15. The lowest BCUT2D eigenvalue weighted by Crippen LogP contribution is -2.48. The van der Waals surface area contributed by atoms with Crippen molar-refractivity contribution in [2.45, 2.75) is 33.6 Å². The first-order valence-corrected chi connectivity index (χ1v) is 9.72. The minimum atomic E-state index is 0.209. The summed E-state index contributed by atoms with van der Waals surface area (Å²) in [6, 6.07) is 1.94. The molecule has 26 heavy (non-hydrogen) atoms. The van der Waals surface area contributed by atoms with Crippen LogP contribution >= 0.6 is 11.3 Å². The summed E-state index contributed by atoms with van der Waals surface area (Å²) in [5, 5.41) is 13.4. The van der Waals surface area contributed by atoms with Crippen LogP contribution in [0.2, 0.25) is 0 Å². The van der Waals surface area contributed by atoms with Gasteiger partial charge < -0.3 is 15.1 Å². The van der Waals surface area contributed by atoms with Crippen molar-refractivity contribution in [3.05, 3.63) is 22.5 Å². The van der Waals surface area contributed by atoms with Crippen LogP contribution in [-0.2, 0) is 4.79 Å². The molecule has 9 heteroatoms. The van der Waals surface area contributed by atoms with Crippen molar-refractivity contribution in [1.82, 2.24) is 25.1 Å². The van der Waals surface area contributed by atoms with Gasteiger partial charge in [-0.15, -0.1) is 10.2 Å². The number of carbonyl (C=O) groups excluding carboxylic acids is 1. The maximum absolute atomic E-state index is 12.4. The number of rotatable bonds is 6. The Morgan fingerprint density at radius 1 is 1.12 bits per heavy atom. The molecule has 0 radical (unpaired) electrons. The lowest BCUT2D eigenvalue weighted by molar-refractivity contribution is -0.131. The lowest BCUT2D eigenvalue weighted by atomic mass is 10.2. The summed E-state index contributed by atoms with van der Waals surface area (Å²) >= 11 is 1.60. The molecule has 1 amide bonds. The number of carbonyl (C=O) groups is 1. The first-order valence-electron chi connectivity index (χ1n) is 8.90. The number of aryl methyl sites for hydroxylation is 3. The highest BCUT2D eigenvalue weighted by Gasteiger charge is 2.22. The Hall–Kier alpha value is -2.29. The monoisotopic (exact) mass is 375 g/mol. The highest BCUT2D eigenvalue weighted by atomic mass is 32.1. The normalized spacial score (nSPS) is 14.6. The van der Waals surface area contributed by atoms with Gasteiger partial charge in [0.15, 0.2) is 0 Å². The molecule has 0 spiro atoms. The second kappa shape index (κ2) is 8.39. The van der Waals surface area contributed by atoms with Crippen molar-refractivity contribution in [3.63, 3.8) is 0 Å². The van der Waals surface area contributed by atoms with Gasteiger partial charge in [0.05, 0.1) is 0 Å². The molecule has 2 aromatic rings. The van der Waals surface area contributed by atoms with Crippen LogP contribution in [0.5, 0.6) is 0 Å². The number of hydrogen-bond donors (Lipinski definition) is 1. The fourth-order valence-corrected chi connectivity index (χ4v) is 3.70. The van der Waals surface area contributed by atoms with Gasteiger partial charge >= 0.3 is 0 Å². The van der Waals surface area contributed by atoms with Crippen LogP contribution < -0.4 is 10.2 Å². The zero-order valence-corrected chi connectivity index (χ0v) is 16.3. The van der Waals surface area contributed by atoms with Crippen molar-refractivity contribution >= 4 is 28.3 Å². The first kappa shape index (κ1) is 18.5. The van der Waals surface area contributed by atoms with Gasteiger partial charge in [-0.3, -0.25) is 4.79 Å². The number of anilines is 2. The minimum absolute atomic E-state index is 0.209. The highest BCUT2D eigenvalue weighted by Crippen LogP contribution is 2.21. The molecule has 1 aliphatic heterocycles. The van der Waals surface area contributed by atoms with E-state index in [-0.39, 0.29) is 5.91 Å².